The van der Waals surface area contributed by atoms with Crippen molar-refractivity contribution < 1.29 is 14.3 Å². The van der Waals surface area contributed by atoms with Gasteiger partial charge in [0.2, 0.25) is 0 Å². The van der Waals surface area contributed by atoms with Gasteiger partial charge >= 0.3 is 5.97 Å². The monoisotopic (exact) mass is 535 g/mol. The highest BCUT2D eigenvalue weighted by molar-refractivity contribution is 6.02. The molecule has 0 aliphatic carbocycles. The van der Waals surface area contributed by atoms with E-state index in [1.165, 1.54) is 7.11 Å². The first-order valence-corrected chi connectivity index (χ1v) is 13.0. The largest absolute Gasteiger partial charge is 0.487 e. The molecule has 0 aliphatic rings. The lowest BCUT2D eigenvalue weighted by molar-refractivity contribution is -0.135. The second-order valence-electron chi connectivity index (χ2n) is 7.71. The molecule has 2 rings (SSSR count). The molecule has 208 valence electrons. The number of benzene rings is 2. The summed E-state index contributed by atoms with van der Waals surface area (Å²) in [5, 5.41) is 0. The number of aliphatic imine (C=N–C) groups is 1. The van der Waals surface area contributed by atoms with Gasteiger partial charge < -0.3 is 14.5 Å². The number of esters is 1. The Kier molecular flexibility index (Phi) is 18.6. The van der Waals surface area contributed by atoms with Gasteiger partial charge in [-0.05, 0) is 67.5 Å². The molecule has 0 amide bonds. The summed E-state index contributed by atoms with van der Waals surface area (Å²) in [5.41, 5.74) is 4.98. The predicted molar refractivity (Wildman–Crippen MR) is 172 cm³/mol. The Balaban J connectivity index is 0.00000232. The van der Waals surface area contributed by atoms with E-state index in [0.717, 1.165) is 22.3 Å². The Morgan fingerprint density at radius 1 is 1.02 bits per heavy atom. The number of hydrogen-bond acceptors (Lipinski definition) is 4. The fourth-order valence-corrected chi connectivity index (χ4v) is 3.18. The van der Waals surface area contributed by atoms with Crippen molar-refractivity contribution in [3.05, 3.63) is 113 Å². The van der Waals surface area contributed by atoms with Crippen LogP contribution in [0.15, 0.2) is 96.1 Å². The number of rotatable bonds is 9. The number of allylic oxidation sites excluding steroid dienone is 7. The van der Waals surface area contributed by atoms with Crippen LogP contribution in [0.1, 0.15) is 56.9 Å². The molecule has 0 aromatic heterocycles. The van der Waals surface area contributed by atoms with Crippen molar-refractivity contribution >= 4 is 29.1 Å². The molecule has 0 spiro atoms. The van der Waals surface area contributed by atoms with Crippen LogP contribution in [0.5, 0.6) is 0 Å². The molecule has 0 atom stereocenters. The Hall–Kier alpha value is -4.80. The lowest BCUT2D eigenvalue weighted by Crippen LogP contribution is -2.09. The third-order valence-electron chi connectivity index (χ3n) is 5.34. The summed E-state index contributed by atoms with van der Waals surface area (Å²) < 4.78 is 11.1. The van der Waals surface area contributed by atoms with E-state index < -0.39 is 5.97 Å². The van der Waals surface area contributed by atoms with E-state index in [9.17, 15) is 4.79 Å². The minimum atomic E-state index is -0.641. The zero-order valence-corrected chi connectivity index (χ0v) is 24.8. The molecule has 0 N–H and O–H groups in total. The fourth-order valence-electron chi connectivity index (χ4n) is 3.18. The molecular formula is C36H41NO3. The number of methoxy groups -OCH3 is 1. The van der Waals surface area contributed by atoms with Crippen LogP contribution >= 0.6 is 0 Å². The van der Waals surface area contributed by atoms with E-state index in [1.54, 1.807) is 25.4 Å². The van der Waals surface area contributed by atoms with Crippen LogP contribution in [0.3, 0.4) is 0 Å². The second-order valence-corrected chi connectivity index (χ2v) is 7.71. The molecule has 0 heterocycles. The smallest absolute Gasteiger partial charge is 0.350 e. The molecule has 4 nitrogen and oxygen atoms in total. The molecule has 2 aromatic rings. The number of terminal acetylenes is 2. The summed E-state index contributed by atoms with van der Waals surface area (Å²) in [6, 6.07) is 15.4. The van der Waals surface area contributed by atoms with E-state index in [2.05, 4.69) is 23.4 Å². The highest BCUT2D eigenvalue weighted by Gasteiger charge is 2.21. The Bertz CT molecular complexity index is 1320. The van der Waals surface area contributed by atoms with Gasteiger partial charge in [-0.25, -0.2) is 4.79 Å². The van der Waals surface area contributed by atoms with E-state index >= 15 is 0 Å². The quantitative estimate of drug-likeness (QED) is 0.0810. The molecule has 0 bridgehead atoms. The standard InChI is InChI=1S/C31H28O3.C3H7N.C2H6/c1-7-11-13-18-25(9-3)26-19-20-28(29(21-26)23(5)8-2)30(27(10-4)31(32)33-6)34-22-24-16-14-12-15-17-24;1-3-4-2;1-2/h3-4,7-8,11-21H,1,22H2,2,5-6H3;3H,1-2H3;1-2H3/b13-11-,23-8-,25-18+,30-27-;;. The number of nitrogens with zero attached hydrogens (tertiary/aromatic N) is 1. The van der Waals surface area contributed by atoms with Crippen LogP contribution in [0, 0.1) is 24.7 Å². The maximum atomic E-state index is 12.5. The Morgan fingerprint density at radius 3 is 2.17 bits per heavy atom. The van der Waals surface area contributed by atoms with Gasteiger partial charge in [-0.2, -0.15) is 0 Å². The zero-order valence-electron chi connectivity index (χ0n) is 24.8. The van der Waals surface area contributed by atoms with Crippen molar-refractivity contribution in [3.63, 3.8) is 0 Å². The highest BCUT2D eigenvalue weighted by Crippen LogP contribution is 2.32. The molecule has 0 radical (unpaired) electrons. The molecule has 0 unspecified atom stereocenters. The lowest BCUT2D eigenvalue weighted by atomic mass is 9.92. The average molecular weight is 536 g/mol. The molecule has 40 heavy (non-hydrogen) atoms. The van der Waals surface area contributed by atoms with Gasteiger partial charge in [0.25, 0.3) is 0 Å². The molecule has 0 fully saturated rings. The van der Waals surface area contributed by atoms with Gasteiger partial charge in [-0.3, -0.25) is 0 Å². The molecule has 2 aromatic carbocycles. The third-order valence-corrected chi connectivity index (χ3v) is 5.34. The summed E-state index contributed by atoms with van der Waals surface area (Å²) in [6.45, 7) is 13.7. The lowest BCUT2D eigenvalue weighted by Gasteiger charge is -2.18. The first-order valence-electron chi connectivity index (χ1n) is 13.0. The maximum Gasteiger partial charge on any atom is 0.350 e. The van der Waals surface area contributed by atoms with Crippen LogP contribution in [-0.2, 0) is 20.9 Å². The molecule has 0 saturated heterocycles. The third kappa shape index (κ3) is 11.3. The molecule has 0 aliphatic heterocycles. The second kappa shape index (κ2) is 21.2. The summed E-state index contributed by atoms with van der Waals surface area (Å²) in [4.78, 5) is 16.1. The van der Waals surface area contributed by atoms with Crippen LogP contribution in [0.2, 0.25) is 0 Å². The van der Waals surface area contributed by atoms with Crippen LogP contribution in [0.4, 0.5) is 0 Å². The zero-order chi connectivity index (χ0) is 30.3. The average Bonchev–Trinajstić information content (AvgIpc) is 3.02. The summed E-state index contributed by atoms with van der Waals surface area (Å²) in [7, 11) is 3.04. The van der Waals surface area contributed by atoms with E-state index in [1.807, 2.05) is 101 Å². The minimum Gasteiger partial charge on any atom is -0.487 e. The van der Waals surface area contributed by atoms with Gasteiger partial charge in [-0.15, -0.1) is 12.8 Å². The topological polar surface area (TPSA) is 47.9 Å². The SMILES string of the molecule is C#C/C(=C\C=C/C=C)c1ccc(/C(OCc2ccccc2)=C(\C#C)C(=O)OC)c(/C(C)=C\C)c1.CC.CC=NC. The highest BCUT2D eigenvalue weighted by atomic mass is 16.5. The van der Waals surface area contributed by atoms with Crippen molar-refractivity contribution in [3.8, 4) is 24.7 Å². The maximum absolute atomic E-state index is 12.5. The van der Waals surface area contributed by atoms with Crippen molar-refractivity contribution in [1.82, 2.24) is 0 Å². The normalized spacial score (nSPS) is 11.6. The summed E-state index contributed by atoms with van der Waals surface area (Å²) in [5.74, 6) is 4.81. The molecule has 4 heteroatoms. The first kappa shape index (κ1) is 35.2. The summed E-state index contributed by atoms with van der Waals surface area (Å²) in [6.07, 6.45) is 22.4. The van der Waals surface area contributed by atoms with Gasteiger partial charge in [0.1, 0.15) is 6.61 Å². The van der Waals surface area contributed by atoms with Gasteiger partial charge in [-0.1, -0.05) is 93.0 Å². The van der Waals surface area contributed by atoms with Gasteiger partial charge in [0, 0.05) is 18.2 Å². The number of ether oxygens (including phenoxy) is 2. The molecular weight excluding hydrogens is 494 g/mol. The fraction of sp³-hybridized carbons (Fsp3) is 0.222. The van der Waals surface area contributed by atoms with Crippen LogP contribution in [0.25, 0.3) is 16.9 Å². The minimum absolute atomic E-state index is 0.0120. The van der Waals surface area contributed by atoms with Crippen molar-refractivity contribution in [2.45, 2.75) is 41.2 Å². The Labute approximate surface area is 241 Å². The predicted octanol–water partition coefficient (Wildman–Crippen LogP) is 8.34. The van der Waals surface area contributed by atoms with E-state index in [-0.39, 0.29) is 17.9 Å². The Morgan fingerprint density at radius 2 is 1.68 bits per heavy atom. The first-order chi connectivity index (χ1) is 19.4. The van der Waals surface area contributed by atoms with Crippen molar-refractivity contribution in [2.24, 2.45) is 4.99 Å². The van der Waals surface area contributed by atoms with Gasteiger partial charge in [0.15, 0.2) is 11.3 Å². The summed E-state index contributed by atoms with van der Waals surface area (Å²) >= 11 is 0. The number of carbonyl (C=O) groups is 1. The molecule has 0 saturated carbocycles. The van der Waals surface area contributed by atoms with Crippen LogP contribution < -0.4 is 0 Å². The van der Waals surface area contributed by atoms with Crippen LogP contribution in [-0.4, -0.2) is 26.3 Å². The van der Waals surface area contributed by atoms with Crippen molar-refractivity contribution in [1.29, 1.82) is 0 Å². The van der Waals surface area contributed by atoms with Crippen molar-refractivity contribution in [2.75, 3.05) is 14.2 Å². The van der Waals surface area contributed by atoms with E-state index in [0.29, 0.717) is 11.1 Å². The number of hydrogen-bond donors (Lipinski definition) is 0. The van der Waals surface area contributed by atoms with E-state index in [4.69, 9.17) is 22.3 Å². The van der Waals surface area contributed by atoms with Gasteiger partial charge in [0.05, 0.1) is 7.11 Å². The number of carbonyl (C=O) groups excluding carboxylic acids is 1.